The van der Waals surface area contributed by atoms with Crippen molar-refractivity contribution in [1.29, 1.82) is 0 Å². The molecule has 2 aromatic carbocycles. The van der Waals surface area contributed by atoms with Gasteiger partial charge in [-0.05, 0) is 36.4 Å². The van der Waals surface area contributed by atoms with Crippen molar-refractivity contribution in [2.75, 3.05) is 11.9 Å². The second-order valence-corrected chi connectivity index (χ2v) is 6.47. The Balaban J connectivity index is 2.08. The number of nitrogens with one attached hydrogen (secondary N) is 1. The SMILES string of the molecule is CN(C(=O)NC(=O)c1c(F)cccc1F)c1ccc(OC(F)(F)C(Cl)Cl)cc1. The fourth-order valence-electron chi connectivity index (χ4n) is 2.01. The number of nitrogens with zero attached hydrogens (tertiary/aromatic N) is 1. The van der Waals surface area contributed by atoms with Gasteiger partial charge in [-0.25, -0.2) is 13.6 Å². The molecule has 5 nitrogen and oxygen atoms in total. The van der Waals surface area contributed by atoms with Crippen LogP contribution >= 0.6 is 23.2 Å². The normalized spacial score (nSPS) is 11.3. The molecule has 0 unspecified atom stereocenters. The van der Waals surface area contributed by atoms with Gasteiger partial charge in [-0.15, -0.1) is 0 Å². The fraction of sp³-hybridized carbons (Fsp3) is 0.176. The number of ether oxygens (including phenoxy) is 1. The summed E-state index contributed by atoms with van der Waals surface area (Å²) in [6.45, 7) is 0. The van der Waals surface area contributed by atoms with Crippen LogP contribution in [0, 0.1) is 11.6 Å². The van der Waals surface area contributed by atoms with Crippen molar-refractivity contribution in [3.05, 3.63) is 59.7 Å². The third-order valence-electron chi connectivity index (χ3n) is 3.45. The summed E-state index contributed by atoms with van der Waals surface area (Å²) in [4.78, 5) is 22.9. The Kier molecular flexibility index (Phi) is 6.73. The summed E-state index contributed by atoms with van der Waals surface area (Å²) in [7, 11) is 1.25. The number of hydrogen-bond acceptors (Lipinski definition) is 3. The van der Waals surface area contributed by atoms with Crippen LogP contribution in [0.1, 0.15) is 10.4 Å². The molecule has 0 aromatic heterocycles. The summed E-state index contributed by atoms with van der Waals surface area (Å²) < 4.78 is 58.2. The standard InChI is InChI=1S/C17H12Cl2F4N2O3/c1-25(9-5-7-10(8-6-9)28-17(22,23)15(18)19)16(27)24-14(26)13-11(20)3-2-4-12(13)21/h2-8,15H,1H3,(H,24,26,27). The largest absolute Gasteiger partial charge is 0.431 e. The van der Waals surface area contributed by atoms with Crippen LogP contribution in [-0.4, -0.2) is 29.9 Å². The third-order valence-corrected chi connectivity index (χ3v) is 3.96. The number of amides is 3. The molecule has 0 aliphatic heterocycles. The lowest BCUT2D eigenvalue weighted by molar-refractivity contribution is -0.163. The number of carbonyl (C=O) groups excluding carboxylic acids is 2. The van der Waals surface area contributed by atoms with Gasteiger partial charge < -0.3 is 4.74 Å². The Bertz CT molecular complexity index is 859. The number of imide groups is 1. The van der Waals surface area contributed by atoms with Crippen LogP contribution in [-0.2, 0) is 0 Å². The van der Waals surface area contributed by atoms with E-state index >= 15 is 0 Å². The van der Waals surface area contributed by atoms with Crippen molar-refractivity contribution in [3.8, 4) is 5.75 Å². The molecule has 0 aliphatic carbocycles. The first kappa shape index (κ1) is 21.8. The maximum atomic E-state index is 13.6. The molecule has 28 heavy (non-hydrogen) atoms. The van der Waals surface area contributed by atoms with E-state index in [1.54, 1.807) is 0 Å². The highest BCUT2D eigenvalue weighted by Gasteiger charge is 2.40. The molecule has 0 saturated carbocycles. The zero-order chi connectivity index (χ0) is 21.1. The van der Waals surface area contributed by atoms with Crippen LogP contribution in [0.25, 0.3) is 0 Å². The van der Waals surface area contributed by atoms with Gasteiger partial charge in [0.2, 0.25) is 4.84 Å². The minimum atomic E-state index is -3.83. The van der Waals surface area contributed by atoms with E-state index in [1.807, 2.05) is 5.32 Å². The minimum absolute atomic E-state index is 0.170. The number of carbonyl (C=O) groups is 2. The lowest BCUT2D eigenvalue weighted by Crippen LogP contribution is -2.41. The molecule has 150 valence electrons. The maximum absolute atomic E-state index is 13.6. The van der Waals surface area contributed by atoms with Gasteiger partial charge in [0.05, 0.1) is 0 Å². The molecule has 0 atom stereocenters. The van der Waals surface area contributed by atoms with Gasteiger partial charge in [-0.2, -0.15) is 8.78 Å². The number of rotatable bonds is 5. The molecular weight excluding hydrogens is 427 g/mol. The summed E-state index contributed by atoms with van der Waals surface area (Å²) in [6, 6.07) is 6.49. The second-order valence-electron chi connectivity index (χ2n) is 5.37. The Morgan fingerprint density at radius 3 is 2.11 bits per heavy atom. The van der Waals surface area contributed by atoms with E-state index in [1.165, 1.54) is 19.2 Å². The van der Waals surface area contributed by atoms with Crippen LogP contribution in [0.4, 0.5) is 28.0 Å². The molecule has 1 N–H and O–H groups in total. The molecule has 2 aromatic rings. The Morgan fingerprint density at radius 2 is 1.61 bits per heavy atom. The second kappa shape index (κ2) is 8.66. The monoisotopic (exact) mass is 438 g/mol. The van der Waals surface area contributed by atoms with Gasteiger partial charge in [0, 0.05) is 12.7 Å². The van der Waals surface area contributed by atoms with Gasteiger partial charge in [-0.1, -0.05) is 29.3 Å². The summed E-state index contributed by atoms with van der Waals surface area (Å²) in [5.74, 6) is -3.82. The van der Waals surface area contributed by atoms with Crippen LogP contribution in [0.5, 0.6) is 5.75 Å². The van der Waals surface area contributed by atoms with Crippen molar-refractivity contribution in [1.82, 2.24) is 5.32 Å². The van der Waals surface area contributed by atoms with Crippen molar-refractivity contribution in [2.45, 2.75) is 10.9 Å². The quantitative estimate of drug-likeness (QED) is 0.542. The zero-order valence-electron chi connectivity index (χ0n) is 14.1. The highest BCUT2D eigenvalue weighted by molar-refractivity contribution is 6.44. The van der Waals surface area contributed by atoms with Crippen LogP contribution in [0.15, 0.2) is 42.5 Å². The number of alkyl halides is 4. The molecule has 3 amide bonds. The first-order valence-corrected chi connectivity index (χ1v) is 8.38. The van der Waals surface area contributed by atoms with E-state index in [2.05, 4.69) is 4.74 Å². The van der Waals surface area contributed by atoms with E-state index in [0.717, 1.165) is 35.2 Å². The molecular formula is C17H12Cl2F4N2O3. The van der Waals surface area contributed by atoms with Crippen molar-refractivity contribution < 1.29 is 31.9 Å². The highest BCUT2D eigenvalue weighted by Crippen LogP contribution is 2.31. The molecule has 0 radical (unpaired) electrons. The number of benzene rings is 2. The zero-order valence-corrected chi connectivity index (χ0v) is 15.6. The minimum Gasteiger partial charge on any atom is -0.431 e. The third kappa shape index (κ3) is 5.05. The summed E-state index contributed by atoms with van der Waals surface area (Å²) in [5, 5.41) is 1.83. The number of halogens is 6. The highest BCUT2D eigenvalue weighted by atomic mass is 35.5. The Hall–Kier alpha value is -2.52. The molecule has 11 heteroatoms. The van der Waals surface area contributed by atoms with Crippen molar-refractivity contribution in [3.63, 3.8) is 0 Å². The maximum Gasteiger partial charge on any atom is 0.428 e. The molecule has 0 saturated heterocycles. The number of urea groups is 1. The van der Waals surface area contributed by atoms with Gasteiger partial charge in [0.15, 0.2) is 0 Å². The summed E-state index contributed by atoms with van der Waals surface area (Å²) in [5.41, 5.74) is -0.741. The van der Waals surface area contributed by atoms with Crippen LogP contribution < -0.4 is 15.0 Å². The van der Waals surface area contributed by atoms with E-state index in [9.17, 15) is 27.2 Å². The van der Waals surface area contributed by atoms with E-state index < -0.39 is 40.1 Å². The topological polar surface area (TPSA) is 58.6 Å². The van der Waals surface area contributed by atoms with Gasteiger partial charge in [-0.3, -0.25) is 15.0 Å². The van der Waals surface area contributed by atoms with Crippen molar-refractivity contribution >= 4 is 40.8 Å². The van der Waals surface area contributed by atoms with Crippen LogP contribution in [0.2, 0.25) is 0 Å². The first-order chi connectivity index (χ1) is 13.0. The molecule has 0 heterocycles. The van der Waals surface area contributed by atoms with Gasteiger partial charge in [0.25, 0.3) is 5.91 Å². The van der Waals surface area contributed by atoms with Crippen LogP contribution in [0.3, 0.4) is 0 Å². The summed E-state index contributed by atoms with van der Waals surface area (Å²) in [6.07, 6.45) is -3.83. The first-order valence-electron chi connectivity index (χ1n) is 7.51. The van der Waals surface area contributed by atoms with E-state index in [-0.39, 0.29) is 11.4 Å². The predicted molar refractivity (Wildman–Crippen MR) is 95.1 cm³/mol. The molecule has 0 bridgehead atoms. The fourth-order valence-corrected chi connectivity index (χ4v) is 2.10. The average Bonchev–Trinajstić information content (AvgIpc) is 2.61. The average molecular weight is 439 g/mol. The predicted octanol–water partition coefficient (Wildman–Crippen LogP) is 4.73. The molecule has 0 aliphatic rings. The lowest BCUT2D eigenvalue weighted by Gasteiger charge is -2.20. The lowest BCUT2D eigenvalue weighted by atomic mass is 10.2. The Labute approximate surface area is 166 Å². The smallest absolute Gasteiger partial charge is 0.428 e. The van der Waals surface area contributed by atoms with Gasteiger partial charge in [0.1, 0.15) is 22.9 Å². The van der Waals surface area contributed by atoms with E-state index in [0.29, 0.717) is 0 Å². The molecule has 0 spiro atoms. The van der Waals surface area contributed by atoms with E-state index in [4.69, 9.17) is 23.2 Å². The molecule has 0 fully saturated rings. The van der Waals surface area contributed by atoms with Gasteiger partial charge >= 0.3 is 12.1 Å². The number of anilines is 1. The Morgan fingerprint density at radius 1 is 1.07 bits per heavy atom. The summed E-state index contributed by atoms with van der Waals surface area (Å²) >= 11 is 10.2. The molecule has 2 rings (SSSR count). The number of hydrogen-bond donors (Lipinski definition) is 1. The van der Waals surface area contributed by atoms with Crippen molar-refractivity contribution in [2.24, 2.45) is 0 Å².